The number of ketones is 1. The summed E-state index contributed by atoms with van der Waals surface area (Å²) in [4.78, 5) is 29.0. The third kappa shape index (κ3) is 3.51. The van der Waals surface area contributed by atoms with Crippen molar-refractivity contribution in [3.05, 3.63) is 99.3 Å². The van der Waals surface area contributed by atoms with Gasteiger partial charge < -0.3 is 5.11 Å². The van der Waals surface area contributed by atoms with E-state index in [0.717, 1.165) is 0 Å². The monoisotopic (exact) mass is 416 g/mol. The van der Waals surface area contributed by atoms with Gasteiger partial charge in [0.1, 0.15) is 0 Å². The predicted octanol–water partition coefficient (Wildman–Crippen LogP) is 5.30. The summed E-state index contributed by atoms with van der Waals surface area (Å²) in [6.07, 6.45) is 1.51. The van der Waals surface area contributed by atoms with Crippen molar-refractivity contribution in [1.82, 2.24) is 4.57 Å². The Morgan fingerprint density at radius 1 is 0.967 bits per heavy atom. The molecule has 148 valence electrons. The number of carbonyl (C=O) groups is 1. The van der Waals surface area contributed by atoms with Gasteiger partial charge in [0.2, 0.25) is 5.88 Å². The zero-order chi connectivity index (χ0) is 21.3. The number of Topliss-reactive ketones (excluding diaryl/α,β-unsaturated/α-hetero) is 1. The fraction of sp³-hybridized carbons (Fsp3) is 0.0417. The van der Waals surface area contributed by atoms with Gasteiger partial charge in [-0.3, -0.25) is 14.6 Å². The first-order chi connectivity index (χ1) is 14.5. The second kappa shape index (κ2) is 7.97. The number of aromatic nitrogens is 1. The second-order valence-corrected chi connectivity index (χ2v) is 7.14. The lowest BCUT2D eigenvalue weighted by Crippen LogP contribution is -2.20. The van der Waals surface area contributed by atoms with Crippen LogP contribution in [0.15, 0.2) is 82.6 Å². The van der Waals surface area contributed by atoms with Crippen LogP contribution < -0.4 is 5.56 Å². The highest BCUT2D eigenvalue weighted by atomic mass is 35.5. The van der Waals surface area contributed by atoms with E-state index >= 15 is 0 Å². The summed E-state index contributed by atoms with van der Waals surface area (Å²) < 4.78 is 1.19. The molecule has 0 aliphatic carbocycles. The quantitative estimate of drug-likeness (QED) is 0.362. The Hall–Kier alpha value is -3.70. The number of hydrogen-bond acceptors (Lipinski definition) is 4. The van der Waals surface area contributed by atoms with Gasteiger partial charge in [-0.25, -0.2) is 4.57 Å². The van der Waals surface area contributed by atoms with Crippen LogP contribution in [-0.4, -0.2) is 21.7 Å². The molecule has 0 fully saturated rings. The molecule has 3 aromatic carbocycles. The Labute approximate surface area is 177 Å². The summed E-state index contributed by atoms with van der Waals surface area (Å²) in [6.45, 7) is 1.50. The van der Waals surface area contributed by atoms with Gasteiger partial charge in [-0.05, 0) is 49.4 Å². The van der Waals surface area contributed by atoms with Crippen molar-refractivity contribution in [3.8, 4) is 11.6 Å². The number of carbonyl (C=O) groups excluding carboxylic acids is 1. The van der Waals surface area contributed by atoms with Gasteiger partial charge in [-0.1, -0.05) is 41.9 Å². The molecular weight excluding hydrogens is 400 g/mol. The number of fused-ring (bicyclic) bond motifs is 1. The van der Waals surface area contributed by atoms with Crippen LogP contribution in [0, 0.1) is 0 Å². The Morgan fingerprint density at radius 2 is 1.60 bits per heavy atom. The molecule has 0 amide bonds. The topological polar surface area (TPSA) is 71.7 Å². The van der Waals surface area contributed by atoms with E-state index in [9.17, 15) is 14.7 Å². The minimum atomic E-state index is -0.376. The van der Waals surface area contributed by atoms with E-state index in [1.165, 1.54) is 17.7 Å². The summed E-state index contributed by atoms with van der Waals surface area (Å²) in [6, 6.07) is 20.6. The first-order valence-electron chi connectivity index (χ1n) is 9.24. The summed E-state index contributed by atoms with van der Waals surface area (Å²) >= 11 is 6.29. The van der Waals surface area contributed by atoms with Crippen molar-refractivity contribution < 1.29 is 9.90 Å². The highest BCUT2D eigenvalue weighted by molar-refractivity contribution is 6.32. The standard InChI is InChI=1S/C24H17ClN2O3/c1-15(28)16-10-12-17(13-11-16)26-14-20-18-6-2-3-7-19(18)23(29)27(24(20)30)22-9-5-4-8-21(22)25/h2-14,30H,1H3. The van der Waals surface area contributed by atoms with Crippen LogP contribution in [-0.2, 0) is 0 Å². The maximum Gasteiger partial charge on any atom is 0.265 e. The number of para-hydroxylation sites is 1. The summed E-state index contributed by atoms with van der Waals surface area (Å²) in [5.41, 5.74) is 1.60. The molecule has 0 aliphatic heterocycles. The molecule has 4 rings (SSSR count). The molecule has 6 heteroatoms. The van der Waals surface area contributed by atoms with E-state index < -0.39 is 0 Å². The van der Waals surface area contributed by atoms with Gasteiger partial charge in [-0.15, -0.1) is 0 Å². The molecular formula is C24H17ClN2O3. The molecule has 0 saturated heterocycles. The second-order valence-electron chi connectivity index (χ2n) is 6.74. The SMILES string of the molecule is CC(=O)c1ccc(N=Cc2c(O)n(-c3ccccc3Cl)c(=O)c3ccccc23)cc1. The fourth-order valence-electron chi connectivity index (χ4n) is 3.27. The molecule has 30 heavy (non-hydrogen) atoms. The largest absolute Gasteiger partial charge is 0.494 e. The van der Waals surface area contributed by atoms with Crippen molar-refractivity contribution in [2.24, 2.45) is 4.99 Å². The van der Waals surface area contributed by atoms with E-state index in [2.05, 4.69) is 4.99 Å². The van der Waals surface area contributed by atoms with E-state index in [-0.39, 0.29) is 17.2 Å². The van der Waals surface area contributed by atoms with Gasteiger partial charge in [0.05, 0.1) is 22.0 Å². The molecule has 5 nitrogen and oxygen atoms in total. The lowest BCUT2D eigenvalue weighted by Gasteiger charge is -2.14. The third-order valence-corrected chi connectivity index (χ3v) is 5.13. The summed E-state index contributed by atoms with van der Waals surface area (Å²) in [5, 5.41) is 12.4. The van der Waals surface area contributed by atoms with Crippen molar-refractivity contribution in [2.45, 2.75) is 6.92 Å². The van der Waals surface area contributed by atoms with E-state index in [1.54, 1.807) is 72.8 Å². The number of aromatic hydroxyl groups is 1. The Bertz CT molecular complexity index is 1360. The molecule has 1 heterocycles. The van der Waals surface area contributed by atoms with Crippen molar-refractivity contribution >= 4 is 40.1 Å². The van der Waals surface area contributed by atoms with Crippen LogP contribution in [0.1, 0.15) is 22.8 Å². The molecule has 0 spiro atoms. The Morgan fingerprint density at radius 3 is 2.27 bits per heavy atom. The summed E-state index contributed by atoms with van der Waals surface area (Å²) in [5.74, 6) is -0.281. The molecule has 0 radical (unpaired) electrons. The van der Waals surface area contributed by atoms with Gasteiger partial charge in [0, 0.05) is 22.6 Å². The highest BCUT2D eigenvalue weighted by Gasteiger charge is 2.17. The number of benzene rings is 3. The van der Waals surface area contributed by atoms with Gasteiger partial charge in [0.15, 0.2) is 5.78 Å². The minimum absolute atomic E-state index is 0.0269. The zero-order valence-corrected chi connectivity index (χ0v) is 16.8. The minimum Gasteiger partial charge on any atom is -0.494 e. The van der Waals surface area contributed by atoms with Crippen LogP contribution in [0.4, 0.5) is 5.69 Å². The van der Waals surface area contributed by atoms with Crippen molar-refractivity contribution in [1.29, 1.82) is 0 Å². The average molecular weight is 417 g/mol. The van der Waals surface area contributed by atoms with Crippen LogP contribution in [0.3, 0.4) is 0 Å². The van der Waals surface area contributed by atoms with E-state index in [1.807, 2.05) is 0 Å². The van der Waals surface area contributed by atoms with Crippen molar-refractivity contribution in [2.75, 3.05) is 0 Å². The lowest BCUT2D eigenvalue weighted by atomic mass is 10.1. The maximum absolute atomic E-state index is 13.1. The van der Waals surface area contributed by atoms with Crippen LogP contribution >= 0.6 is 11.6 Å². The van der Waals surface area contributed by atoms with Crippen LogP contribution in [0.5, 0.6) is 5.88 Å². The normalized spacial score (nSPS) is 11.3. The predicted molar refractivity (Wildman–Crippen MR) is 120 cm³/mol. The molecule has 0 aliphatic rings. The smallest absolute Gasteiger partial charge is 0.265 e. The first-order valence-corrected chi connectivity index (χ1v) is 9.62. The van der Waals surface area contributed by atoms with E-state index in [4.69, 9.17) is 11.6 Å². The van der Waals surface area contributed by atoms with Gasteiger partial charge in [-0.2, -0.15) is 0 Å². The molecule has 1 aromatic heterocycles. The first kappa shape index (κ1) is 19.6. The van der Waals surface area contributed by atoms with E-state index in [0.29, 0.717) is 38.3 Å². The lowest BCUT2D eigenvalue weighted by molar-refractivity contribution is 0.101. The molecule has 0 atom stereocenters. The molecule has 0 unspecified atom stereocenters. The molecule has 0 bridgehead atoms. The zero-order valence-electron chi connectivity index (χ0n) is 16.0. The number of pyridine rings is 1. The molecule has 0 saturated carbocycles. The van der Waals surface area contributed by atoms with Crippen LogP contribution in [0.2, 0.25) is 5.02 Å². The average Bonchev–Trinajstić information content (AvgIpc) is 2.75. The number of aliphatic imine (C=N–C) groups is 1. The summed E-state index contributed by atoms with van der Waals surface area (Å²) in [7, 11) is 0. The molecule has 1 N–H and O–H groups in total. The molecule has 4 aromatic rings. The third-order valence-electron chi connectivity index (χ3n) is 4.81. The Balaban J connectivity index is 1.92. The number of nitrogens with zero attached hydrogens (tertiary/aromatic N) is 2. The number of halogens is 1. The van der Waals surface area contributed by atoms with Crippen molar-refractivity contribution in [3.63, 3.8) is 0 Å². The number of hydrogen-bond donors (Lipinski definition) is 1. The van der Waals surface area contributed by atoms with Crippen LogP contribution in [0.25, 0.3) is 16.5 Å². The Kier molecular flexibility index (Phi) is 5.21. The van der Waals surface area contributed by atoms with Gasteiger partial charge >= 0.3 is 0 Å². The maximum atomic E-state index is 13.1. The number of rotatable bonds is 4. The highest BCUT2D eigenvalue weighted by Crippen LogP contribution is 2.29. The fourth-order valence-corrected chi connectivity index (χ4v) is 3.49. The van der Waals surface area contributed by atoms with Gasteiger partial charge in [0.25, 0.3) is 5.56 Å².